The summed E-state index contributed by atoms with van der Waals surface area (Å²) in [5.41, 5.74) is 6.44. The van der Waals surface area contributed by atoms with Crippen LogP contribution in [-0.2, 0) is 14.6 Å². The Labute approximate surface area is 182 Å². The number of hydrogen-bond acceptors (Lipinski definition) is 5. The molecule has 0 saturated heterocycles. The first-order valence-electron chi connectivity index (χ1n) is 9.79. The molecule has 0 bridgehead atoms. The lowest BCUT2D eigenvalue weighted by Crippen LogP contribution is -2.14. The van der Waals surface area contributed by atoms with Gasteiger partial charge in [0.25, 0.3) is 0 Å². The highest BCUT2D eigenvalue weighted by Crippen LogP contribution is 2.31. The van der Waals surface area contributed by atoms with Crippen LogP contribution in [0.15, 0.2) is 46.7 Å². The zero-order chi connectivity index (χ0) is 21.9. The summed E-state index contributed by atoms with van der Waals surface area (Å²) in [4.78, 5) is 17.1. The molecule has 0 aliphatic carbocycles. The fraction of sp³-hybridized carbons (Fsp3) is 0.304. The Morgan fingerprint density at radius 2 is 1.63 bits per heavy atom. The quantitative estimate of drug-likeness (QED) is 0.543. The fourth-order valence-corrected chi connectivity index (χ4v) is 5.53. The Kier molecular flexibility index (Phi) is 6.73. The normalized spacial score (nSPS) is 11.5. The summed E-state index contributed by atoms with van der Waals surface area (Å²) in [6, 6.07) is 11.0. The van der Waals surface area contributed by atoms with Crippen LogP contribution in [0.25, 0.3) is 11.3 Å². The predicted octanol–water partition coefficient (Wildman–Crippen LogP) is 5.24. The fourth-order valence-electron chi connectivity index (χ4n) is 3.50. The molecule has 0 aliphatic heterocycles. The summed E-state index contributed by atoms with van der Waals surface area (Å²) < 4.78 is 24.8. The predicted molar refractivity (Wildman–Crippen MR) is 123 cm³/mol. The van der Waals surface area contributed by atoms with Gasteiger partial charge in [0.05, 0.1) is 16.3 Å². The van der Waals surface area contributed by atoms with Gasteiger partial charge in [-0.15, -0.1) is 11.3 Å². The van der Waals surface area contributed by atoms with E-state index in [4.69, 9.17) is 0 Å². The van der Waals surface area contributed by atoms with Crippen LogP contribution in [-0.4, -0.2) is 25.1 Å². The molecule has 0 atom stereocenters. The van der Waals surface area contributed by atoms with Gasteiger partial charge in [-0.3, -0.25) is 4.79 Å². The van der Waals surface area contributed by atoms with Gasteiger partial charge < -0.3 is 5.32 Å². The second-order valence-electron chi connectivity index (χ2n) is 7.60. The third kappa shape index (κ3) is 5.34. The molecule has 7 heteroatoms. The molecular formula is C23H26N2O3S2. The van der Waals surface area contributed by atoms with Crippen molar-refractivity contribution in [2.75, 3.05) is 11.1 Å². The number of nitrogens with zero attached hydrogens (tertiary/aromatic N) is 1. The highest BCUT2D eigenvalue weighted by molar-refractivity contribution is 7.91. The zero-order valence-electron chi connectivity index (χ0n) is 17.7. The Balaban J connectivity index is 1.58. The molecule has 0 aliphatic rings. The number of thiazole rings is 1. The van der Waals surface area contributed by atoms with E-state index >= 15 is 0 Å². The van der Waals surface area contributed by atoms with Crippen molar-refractivity contribution in [3.63, 3.8) is 0 Å². The van der Waals surface area contributed by atoms with Crippen molar-refractivity contribution in [2.45, 2.75) is 45.4 Å². The van der Waals surface area contributed by atoms with Crippen molar-refractivity contribution in [3.05, 3.63) is 64.0 Å². The number of carbonyl (C=O) groups excluding carboxylic acids is 1. The number of amides is 1. The van der Waals surface area contributed by atoms with Gasteiger partial charge in [0.1, 0.15) is 0 Å². The smallest absolute Gasteiger partial charge is 0.226 e. The van der Waals surface area contributed by atoms with E-state index in [9.17, 15) is 13.2 Å². The van der Waals surface area contributed by atoms with E-state index in [1.54, 1.807) is 24.3 Å². The third-order valence-electron chi connectivity index (χ3n) is 4.88. The van der Waals surface area contributed by atoms with Crippen LogP contribution >= 0.6 is 11.3 Å². The largest absolute Gasteiger partial charge is 0.302 e. The molecule has 158 valence electrons. The van der Waals surface area contributed by atoms with Gasteiger partial charge >= 0.3 is 0 Å². The number of hydrogen-bond donors (Lipinski definition) is 1. The Hall–Kier alpha value is -2.51. The van der Waals surface area contributed by atoms with Crippen LogP contribution < -0.4 is 5.32 Å². The summed E-state index contributed by atoms with van der Waals surface area (Å²) >= 11 is 1.37. The maximum atomic E-state index is 12.4. The average molecular weight is 443 g/mol. The highest BCUT2D eigenvalue weighted by atomic mass is 32.2. The summed E-state index contributed by atoms with van der Waals surface area (Å²) in [6.45, 7) is 8.09. The molecule has 1 aromatic heterocycles. The summed E-state index contributed by atoms with van der Waals surface area (Å²) in [7, 11) is -3.38. The number of nitrogens with one attached hydrogen (secondary N) is 1. The molecule has 3 rings (SSSR count). The molecular weight excluding hydrogens is 416 g/mol. The lowest BCUT2D eigenvalue weighted by Gasteiger charge is -2.08. The Morgan fingerprint density at radius 3 is 2.27 bits per heavy atom. The van der Waals surface area contributed by atoms with Crippen LogP contribution in [0.4, 0.5) is 5.13 Å². The minimum absolute atomic E-state index is 0.0612. The summed E-state index contributed by atoms with van der Waals surface area (Å²) in [5, 5.41) is 5.25. The lowest BCUT2D eigenvalue weighted by molar-refractivity contribution is -0.116. The number of anilines is 1. The maximum Gasteiger partial charge on any atom is 0.226 e. The van der Waals surface area contributed by atoms with E-state index in [0.717, 1.165) is 27.9 Å². The van der Waals surface area contributed by atoms with Crippen molar-refractivity contribution < 1.29 is 13.2 Å². The van der Waals surface area contributed by atoms with Gasteiger partial charge in [-0.05, 0) is 57.4 Å². The third-order valence-corrected chi connectivity index (χ3v) is 7.45. The van der Waals surface area contributed by atoms with Gasteiger partial charge in [0.15, 0.2) is 15.0 Å². The first-order chi connectivity index (χ1) is 14.2. The zero-order valence-corrected chi connectivity index (χ0v) is 19.3. The van der Waals surface area contributed by atoms with E-state index in [1.165, 1.54) is 16.9 Å². The molecule has 0 spiro atoms. The van der Waals surface area contributed by atoms with E-state index < -0.39 is 9.84 Å². The van der Waals surface area contributed by atoms with Crippen LogP contribution in [0, 0.1) is 27.7 Å². The molecule has 30 heavy (non-hydrogen) atoms. The molecule has 2 aromatic carbocycles. The minimum atomic E-state index is -3.38. The van der Waals surface area contributed by atoms with Gasteiger partial charge in [0, 0.05) is 17.4 Å². The number of sulfone groups is 1. The molecule has 0 radical (unpaired) electrons. The molecule has 1 N–H and O–H groups in total. The number of aryl methyl sites for hydroxylation is 4. The van der Waals surface area contributed by atoms with E-state index in [0.29, 0.717) is 10.0 Å². The topological polar surface area (TPSA) is 76.1 Å². The molecule has 1 heterocycles. The van der Waals surface area contributed by atoms with Crippen LogP contribution in [0.3, 0.4) is 0 Å². The SMILES string of the molecule is Cc1ccc(S(=O)(=O)CCCC(=O)Nc2nc(-c3c(C)cc(C)cc3C)cs2)cc1. The van der Waals surface area contributed by atoms with Gasteiger partial charge in [-0.2, -0.15) is 0 Å². The van der Waals surface area contributed by atoms with Crippen molar-refractivity contribution in [1.82, 2.24) is 4.98 Å². The van der Waals surface area contributed by atoms with Gasteiger partial charge in [-0.1, -0.05) is 35.4 Å². The van der Waals surface area contributed by atoms with Crippen molar-refractivity contribution in [1.29, 1.82) is 0 Å². The number of benzene rings is 2. The standard InChI is InChI=1S/C23H26N2O3S2/c1-15-7-9-19(10-8-15)30(27,28)11-5-6-21(26)25-23-24-20(14-29-23)22-17(3)12-16(2)13-18(22)4/h7-10,12-14H,5-6,11H2,1-4H3,(H,24,25,26). The molecule has 0 unspecified atom stereocenters. The first-order valence-corrected chi connectivity index (χ1v) is 12.3. The second kappa shape index (κ2) is 9.10. The molecule has 3 aromatic rings. The summed E-state index contributed by atoms with van der Waals surface area (Å²) in [5.74, 6) is -0.290. The van der Waals surface area contributed by atoms with Crippen molar-refractivity contribution in [3.8, 4) is 11.3 Å². The minimum Gasteiger partial charge on any atom is -0.302 e. The molecule has 0 saturated carbocycles. The highest BCUT2D eigenvalue weighted by Gasteiger charge is 2.16. The van der Waals surface area contributed by atoms with Gasteiger partial charge in [0.2, 0.25) is 5.91 Å². The number of rotatable bonds is 7. The molecule has 5 nitrogen and oxygen atoms in total. The number of aromatic nitrogens is 1. The van der Waals surface area contributed by atoms with Crippen molar-refractivity contribution >= 4 is 32.2 Å². The monoisotopic (exact) mass is 442 g/mol. The molecule has 0 fully saturated rings. The first kappa shape index (κ1) is 22.2. The summed E-state index contributed by atoms with van der Waals surface area (Å²) in [6.07, 6.45) is 0.388. The Bertz CT molecular complexity index is 1140. The number of carbonyl (C=O) groups is 1. The maximum absolute atomic E-state index is 12.4. The van der Waals surface area contributed by atoms with E-state index in [2.05, 4.69) is 43.2 Å². The average Bonchev–Trinajstić information content (AvgIpc) is 3.08. The van der Waals surface area contributed by atoms with E-state index in [1.807, 2.05) is 12.3 Å². The van der Waals surface area contributed by atoms with Crippen molar-refractivity contribution in [2.24, 2.45) is 0 Å². The lowest BCUT2D eigenvalue weighted by atomic mass is 9.98. The molecule has 1 amide bonds. The van der Waals surface area contributed by atoms with Crippen LogP contribution in [0.2, 0.25) is 0 Å². The Morgan fingerprint density at radius 1 is 1.00 bits per heavy atom. The van der Waals surface area contributed by atoms with Gasteiger partial charge in [-0.25, -0.2) is 13.4 Å². The second-order valence-corrected chi connectivity index (χ2v) is 10.6. The van der Waals surface area contributed by atoms with Crippen LogP contribution in [0.5, 0.6) is 0 Å². The van der Waals surface area contributed by atoms with Crippen LogP contribution in [0.1, 0.15) is 35.1 Å². The van der Waals surface area contributed by atoms with E-state index in [-0.39, 0.29) is 24.5 Å².